The number of amides is 1. The Hall–Kier alpha value is -2.92. The van der Waals surface area contributed by atoms with Crippen molar-refractivity contribution in [3.63, 3.8) is 0 Å². The van der Waals surface area contributed by atoms with E-state index in [2.05, 4.69) is 21.2 Å². The summed E-state index contributed by atoms with van der Waals surface area (Å²) in [6, 6.07) is 19.5. The molecule has 5 heteroatoms. The topological polar surface area (TPSA) is 46.4 Å². The lowest BCUT2D eigenvalue weighted by molar-refractivity contribution is 0.102. The first kappa shape index (κ1) is 17.5. The number of halogens is 1. The first-order valence-corrected chi connectivity index (χ1v) is 9.43. The van der Waals surface area contributed by atoms with Gasteiger partial charge in [-0.25, -0.2) is 4.98 Å². The minimum atomic E-state index is -0.173. The van der Waals surface area contributed by atoms with Crippen LogP contribution in [0.15, 0.2) is 71.3 Å². The van der Waals surface area contributed by atoms with E-state index in [-0.39, 0.29) is 5.91 Å². The Kier molecular flexibility index (Phi) is 4.54. The Morgan fingerprint density at radius 2 is 1.74 bits per heavy atom. The predicted molar refractivity (Wildman–Crippen MR) is 112 cm³/mol. The molecule has 1 amide bonds. The molecule has 4 aromatic rings. The van der Waals surface area contributed by atoms with Crippen LogP contribution in [-0.2, 0) is 0 Å². The van der Waals surface area contributed by atoms with Gasteiger partial charge in [-0.1, -0.05) is 57.9 Å². The maximum Gasteiger partial charge on any atom is 0.256 e. The van der Waals surface area contributed by atoms with Crippen LogP contribution in [-0.4, -0.2) is 15.3 Å². The van der Waals surface area contributed by atoms with Gasteiger partial charge in [0.2, 0.25) is 0 Å². The molecular formula is C22H18BrN3O. The van der Waals surface area contributed by atoms with Crippen LogP contribution in [0.1, 0.15) is 21.5 Å². The van der Waals surface area contributed by atoms with Gasteiger partial charge in [-0.3, -0.25) is 9.20 Å². The van der Waals surface area contributed by atoms with Gasteiger partial charge >= 0.3 is 0 Å². The Morgan fingerprint density at radius 1 is 1.00 bits per heavy atom. The first-order chi connectivity index (χ1) is 13.0. The van der Waals surface area contributed by atoms with Gasteiger partial charge in [0.15, 0.2) is 0 Å². The molecule has 134 valence electrons. The lowest BCUT2D eigenvalue weighted by Crippen LogP contribution is -2.14. The van der Waals surface area contributed by atoms with Crippen LogP contribution >= 0.6 is 15.9 Å². The molecule has 0 atom stereocenters. The van der Waals surface area contributed by atoms with E-state index in [0.717, 1.165) is 26.9 Å². The van der Waals surface area contributed by atoms with Crippen molar-refractivity contribution in [3.05, 3.63) is 88.0 Å². The quantitative estimate of drug-likeness (QED) is 0.467. The van der Waals surface area contributed by atoms with E-state index in [1.54, 1.807) is 12.1 Å². The molecule has 0 fully saturated rings. The minimum absolute atomic E-state index is 0.173. The van der Waals surface area contributed by atoms with Crippen molar-refractivity contribution in [1.82, 2.24) is 9.38 Å². The molecule has 0 radical (unpaired) electrons. The summed E-state index contributed by atoms with van der Waals surface area (Å²) in [4.78, 5) is 17.6. The number of hydrogen-bond acceptors (Lipinski definition) is 2. The standard InChI is InChI=1S/C22H18BrN3O/c1-14-6-9-16(10-7-14)20-21(26-13-15(2)8-11-19(26)24-20)25-22(27)17-4-3-5-18(23)12-17/h3-13H,1-2H3,(H,25,27). The third kappa shape index (κ3) is 3.51. The highest BCUT2D eigenvalue weighted by atomic mass is 79.9. The molecule has 0 aliphatic rings. The summed E-state index contributed by atoms with van der Waals surface area (Å²) >= 11 is 3.42. The summed E-state index contributed by atoms with van der Waals surface area (Å²) in [6.07, 6.45) is 1.98. The number of carbonyl (C=O) groups is 1. The van der Waals surface area contributed by atoms with E-state index in [4.69, 9.17) is 4.98 Å². The SMILES string of the molecule is Cc1ccc(-c2nc3ccc(C)cn3c2NC(=O)c2cccc(Br)c2)cc1. The highest BCUT2D eigenvalue weighted by Gasteiger charge is 2.17. The molecule has 1 N–H and O–H groups in total. The van der Waals surface area contributed by atoms with Gasteiger partial charge in [0.25, 0.3) is 5.91 Å². The number of hydrogen-bond donors (Lipinski definition) is 1. The lowest BCUT2D eigenvalue weighted by atomic mass is 10.1. The van der Waals surface area contributed by atoms with Crippen LogP contribution in [0.25, 0.3) is 16.9 Å². The van der Waals surface area contributed by atoms with Gasteiger partial charge in [-0.15, -0.1) is 0 Å². The fourth-order valence-electron chi connectivity index (χ4n) is 2.99. The summed E-state index contributed by atoms with van der Waals surface area (Å²) in [5.74, 6) is 0.496. The summed E-state index contributed by atoms with van der Waals surface area (Å²) < 4.78 is 2.79. The number of nitrogens with one attached hydrogen (secondary N) is 1. The largest absolute Gasteiger partial charge is 0.306 e. The number of pyridine rings is 1. The fourth-order valence-corrected chi connectivity index (χ4v) is 3.39. The number of nitrogens with zero attached hydrogens (tertiary/aromatic N) is 2. The van der Waals surface area contributed by atoms with Gasteiger partial charge < -0.3 is 5.32 Å². The molecule has 0 spiro atoms. The monoisotopic (exact) mass is 419 g/mol. The van der Waals surface area contributed by atoms with Crippen molar-refractivity contribution in [2.24, 2.45) is 0 Å². The molecule has 27 heavy (non-hydrogen) atoms. The van der Waals surface area contributed by atoms with Crippen molar-refractivity contribution >= 4 is 33.3 Å². The van der Waals surface area contributed by atoms with E-state index in [1.807, 2.05) is 73.0 Å². The third-order valence-corrected chi connectivity index (χ3v) is 4.90. The van der Waals surface area contributed by atoms with Crippen molar-refractivity contribution in [2.45, 2.75) is 13.8 Å². The van der Waals surface area contributed by atoms with Crippen LogP contribution in [0.5, 0.6) is 0 Å². The number of imidazole rings is 1. The van der Waals surface area contributed by atoms with Crippen molar-refractivity contribution < 1.29 is 4.79 Å². The number of benzene rings is 2. The molecule has 2 aromatic heterocycles. The fraction of sp³-hybridized carbons (Fsp3) is 0.0909. The summed E-state index contributed by atoms with van der Waals surface area (Å²) in [5, 5.41) is 3.06. The van der Waals surface area contributed by atoms with Crippen molar-refractivity contribution in [3.8, 4) is 11.3 Å². The second-order valence-electron chi connectivity index (χ2n) is 6.57. The van der Waals surface area contributed by atoms with Gasteiger partial charge in [0, 0.05) is 21.8 Å². The number of rotatable bonds is 3. The average molecular weight is 420 g/mol. The predicted octanol–water partition coefficient (Wildman–Crippen LogP) is 5.63. The Morgan fingerprint density at radius 3 is 2.48 bits per heavy atom. The molecular weight excluding hydrogens is 402 g/mol. The molecule has 2 aromatic carbocycles. The molecule has 0 saturated carbocycles. The van der Waals surface area contributed by atoms with E-state index < -0.39 is 0 Å². The molecule has 4 rings (SSSR count). The van der Waals surface area contributed by atoms with E-state index in [1.165, 1.54) is 5.56 Å². The van der Waals surface area contributed by atoms with E-state index in [0.29, 0.717) is 11.4 Å². The summed E-state index contributed by atoms with van der Waals surface area (Å²) in [7, 11) is 0. The van der Waals surface area contributed by atoms with Gasteiger partial charge in [-0.05, 0) is 43.7 Å². The molecule has 2 heterocycles. The minimum Gasteiger partial charge on any atom is -0.306 e. The number of fused-ring (bicyclic) bond motifs is 1. The number of anilines is 1. The molecule has 4 nitrogen and oxygen atoms in total. The smallest absolute Gasteiger partial charge is 0.256 e. The van der Waals surface area contributed by atoms with Gasteiger partial charge in [-0.2, -0.15) is 0 Å². The van der Waals surface area contributed by atoms with Crippen LogP contribution in [0.4, 0.5) is 5.82 Å². The second-order valence-corrected chi connectivity index (χ2v) is 7.49. The zero-order valence-corrected chi connectivity index (χ0v) is 16.6. The Bertz CT molecular complexity index is 1150. The highest BCUT2D eigenvalue weighted by Crippen LogP contribution is 2.30. The van der Waals surface area contributed by atoms with Crippen LogP contribution in [0, 0.1) is 13.8 Å². The molecule has 0 unspecified atom stereocenters. The van der Waals surface area contributed by atoms with Gasteiger partial charge in [0.05, 0.1) is 0 Å². The maximum atomic E-state index is 12.9. The lowest BCUT2D eigenvalue weighted by Gasteiger charge is -2.09. The van der Waals surface area contributed by atoms with Crippen LogP contribution < -0.4 is 5.32 Å². The van der Waals surface area contributed by atoms with Crippen molar-refractivity contribution in [1.29, 1.82) is 0 Å². The molecule has 0 aliphatic heterocycles. The summed E-state index contributed by atoms with van der Waals surface area (Å²) in [5.41, 5.74) is 5.37. The van der Waals surface area contributed by atoms with Crippen LogP contribution in [0.3, 0.4) is 0 Å². The molecule has 0 bridgehead atoms. The highest BCUT2D eigenvalue weighted by molar-refractivity contribution is 9.10. The number of carbonyl (C=O) groups excluding carboxylic acids is 1. The van der Waals surface area contributed by atoms with Crippen LogP contribution in [0.2, 0.25) is 0 Å². The average Bonchev–Trinajstić information content (AvgIpc) is 3.00. The van der Waals surface area contributed by atoms with Gasteiger partial charge in [0.1, 0.15) is 17.2 Å². The van der Waals surface area contributed by atoms with E-state index in [9.17, 15) is 4.79 Å². The van der Waals surface area contributed by atoms with Crippen molar-refractivity contribution in [2.75, 3.05) is 5.32 Å². The number of aromatic nitrogens is 2. The summed E-state index contributed by atoms with van der Waals surface area (Å²) in [6.45, 7) is 4.07. The van der Waals surface area contributed by atoms with E-state index >= 15 is 0 Å². The second kappa shape index (κ2) is 7.00. The first-order valence-electron chi connectivity index (χ1n) is 8.64. The number of aryl methyl sites for hydroxylation is 2. The Labute approximate surface area is 166 Å². The Balaban J connectivity index is 1.84. The third-order valence-electron chi connectivity index (χ3n) is 4.41. The maximum absolute atomic E-state index is 12.9. The zero-order chi connectivity index (χ0) is 19.0. The molecule has 0 saturated heterocycles. The normalized spacial score (nSPS) is 10.9. The molecule has 0 aliphatic carbocycles. The zero-order valence-electron chi connectivity index (χ0n) is 15.0.